The number of fused-ring (bicyclic) bond motifs is 1. The van der Waals surface area contributed by atoms with E-state index in [1.165, 1.54) is 5.56 Å². The molecular formula is C26H36O5. The summed E-state index contributed by atoms with van der Waals surface area (Å²) in [6.07, 6.45) is 4.49. The Morgan fingerprint density at radius 2 is 1.71 bits per heavy atom. The summed E-state index contributed by atoms with van der Waals surface area (Å²) in [4.78, 5) is 10.6. The van der Waals surface area contributed by atoms with E-state index in [4.69, 9.17) is 5.11 Å². The number of aliphatic hydroxyl groups is 3. The molecule has 0 aromatic heterocycles. The van der Waals surface area contributed by atoms with Crippen LogP contribution in [0.15, 0.2) is 36.4 Å². The van der Waals surface area contributed by atoms with Gasteiger partial charge in [-0.2, -0.15) is 0 Å². The molecule has 1 aliphatic rings. The lowest BCUT2D eigenvalue weighted by molar-refractivity contribution is -0.137. The highest BCUT2D eigenvalue weighted by molar-refractivity contribution is 5.86. The van der Waals surface area contributed by atoms with Crippen LogP contribution >= 0.6 is 0 Å². The number of hydrogen-bond acceptors (Lipinski definition) is 4. The van der Waals surface area contributed by atoms with Crippen molar-refractivity contribution in [3.05, 3.63) is 47.5 Å². The molecule has 1 aliphatic carbocycles. The van der Waals surface area contributed by atoms with Crippen molar-refractivity contribution in [2.75, 3.05) is 0 Å². The maximum atomic E-state index is 10.8. The third-order valence-corrected chi connectivity index (χ3v) is 6.98. The van der Waals surface area contributed by atoms with Crippen LogP contribution in [0.4, 0.5) is 0 Å². The number of aliphatic hydroxyl groups excluding tert-OH is 3. The highest BCUT2D eigenvalue weighted by Gasteiger charge is 2.40. The number of aryl methyl sites for hydroxylation is 1. The SMILES string of the molecule is Cc1cccc2ccc(C(O)CC[C@@H]3C(CCCCCCC(=O)O)[C@@H](O)C[C@H]3O)cc12. The Kier molecular flexibility index (Phi) is 8.47. The molecule has 31 heavy (non-hydrogen) atoms. The van der Waals surface area contributed by atoms with Gasteiger partial charge in [-0.15, -0.1) is 0 Å². The highest BCUT2D eigenvalue weighted by atomic mass is 16.4. The zero-order valence-electron chi connectivity index (χ0n) is 18.4. The molecule has 5 nitrogen and oxygen atoms in total. The zero-order valence-corrected chi connectivity index (χ0v) is 18.4. The van der Waals surface area contributed by atoms with Gasteiger partial charge in [-0.1, -0.05) is 49.6 Å². The topological polar surface area (TPSA) is 98.0 Å². The van der Waals surface area contributed by atoms with Crippen LogP contribution in [0.3, 0.4) is 0 Å². The Labute approximate surface area is 184 Å². The molecule has 1 saturated carbocycles. The predicted octanol–water partition coefficient (Wildman–Crippen LogP) is 4.74. The first-order chi connectivity index (χ1) is 14.9. The zero-order chi connectivity index (χ0) is 22.4. The lowest BCUT2D eigenvalue weighted by Crippen LogP contribution is -2.23. The van der Waals surface area contributed by atoms with Crippen LogP contribution in [0.5, 0.6) is 0 Å². The van der Waals surface area contributed by atoms with Crippen molar-refractivity contribution in [3.8, 4) is 0 Å². The standard InChI is InChI=1S/C26H36O5/c1-17-7-6-8-18-11-12-19(15-22(17)18)23(27)14-13-21-20(24(28)16-25(21)29)9-4-2-3-5-10-26(30)31/h6-8,11-12,15,20-21,23-25,27-29H,2-5,9-10,13-14,16H2,1H3,(H,30,31)/t20?,21-,23?,24+,25-/m1/s1. The predicted molar refractivity (Wildman–Crippen MR) is 122 cm³/mol. The molecule has 0 spiro atoms. The van der Waals surface area contributed by atoms with Gasteiger partial charge in [0.1, 0.15) is 0 Å². The molecule has 0 bridgehead atoms. The second-order valence-electron chi connectivity index (χ2n) is 9.19. The van der Waals surface area contributed by atoms with Gasteiger partial charge in [0.25, 0.3) is 0 Å². The largest absolute Gasteiger partial charge is 0.481 e. The lowest BCUT2D eigenvalue weighted by Gasteiger charge is -2.25. The Morgan fingerprint density at radius 3 is 2.45 bits per heavy atom. The van der Waals surface area contributed by atoms with Crippen molar-refractivity contribution >= 4 is 16.7 Å². The number of rotatable bonds is 11. The van der Waals surface area contributed by atoms with Crippen molar-refractivity contribution in [2.45, 2.75) is 83.0 Å². The molecule has 3 rings (SSSR count). The van der Waals surface area contributed by atoms with Gasteiger partial charge in [-0.25, -0.2) is 0 Å². The van der Waals surface area contributed by atoms with Gasteiger partial charge in [0, 0.05) is 6.42 Å². The molecule has 2 aromatic rings. The fraction of sp³-hybridized carbons (Fsp3) is 0.577. The van der Waals surface area contributed by atoms with Crippen LogP contribution in [-0.2, 0) is 4.79 Å². The van der Waals surface area contributed by atoms with Crippen molar-refractivity contribution in [3.63, 3.8) is 0 Å². The molecular weight excluding hydrogens is 392 g/mol. The average Bonchev–Trinajstić information content (AvgIpc) is 3.01. The third kappa shape index (κ3) is 6.28. The van der Waals surface area contributed by atoms with Gasteiger partial charge in [0.05, 0.1) is 18.3 Å². The maximum Gasteiger partial charge on any atom is 0.303 e. The average molecular weight is 429 g/mol. The van der Waals surface area contributed by atoms with E-state index < -0.39 is 24.3 Å². The number of carboxylic acids is 1. The number of carboxylic acid groups (broad SMARTS) is 1. The minimum atomic E-state index is -0.755. The summed E-state index contributed by atoms with van der Waals surface area (Å²) in [7, 11) is 0. The van der Waals surface area contributed by atoms with E-state index in [9.17, 15) is 20.1 Å². The van der Waals surface area contributed by atoms with Gasteiger partial charge in [-0.05, 0) is 78.8 Å². The number of benzene rings is 2. The first-order valence-electron chi connectivity index (χ1n) is 11.6. The number of unbranched alkanes of at least 4 members (excludes halogenated alkanes) is 3. The minimum absolute atomic E-state index is 0.00846. The molecule has 0 radical (unpaired) electrons. The molecule has 1 fully saturated rings. The Hall–Kier alpha value is -1.95. The second kappa shape index (κ2) is 11.1. The number of hydrogen-bond donors (Lipinski definition) is 4. The molecule has 5 atom stereocenters. The lowest BCUT2D eigenvalue weighted by atomic mass is 9.84. The van der Waals surface area contributed by atoms with E-state index in [0.29, 0.717) is 25.7 Å². The first-order valence-corrected chi connectivity index (χ1v) is 11.6. The molecule has 170 valence electrons. The number of carbonyl (C=O) groups is 1. The molecule has 5 heteroatoms. The molecule has 4 N–H and O–H groups in total. The van der Waals surface area contributed by atoms with Crippen molar-refractivity contribution < 1.29 is 25.2 Å². The van der Waals surface area contributed by atoms with Crippen LogP contribution in [0.25, 0.3) is 10.8 Å². The van der Waals surface area contributed by atoms with Gasteiger partial charge in [0.2, 0.25) is 0 Å². The van der Waals surface area contributed by atoms with Gasteiger partial charge in [-0.3, -0.25) is 4.79 Å². The Balaban J connectivity index is 1.53. The third-order valence-electron chi connectivity index (χ3n) is 6.98. The normalized spacial score (nSPS) is 24.5. The summed E-state index contributed by atoms with van der Waals surface area (Å²) in [5.74, 6) is -0.721. The smallest absolute Gasteiger partial charge is 0.303 e. The molecule has 0 aliphatic heterocycles. The quantitative estimate of drug-likeness (QED) is 0.387. The summed E-state index contributed by atoms with van der Waals surface area (Å²) in [5.41, 5.74) is 2.08. The van der Waals surface area contributed by atoms with E-state index in [1.54, 1.807) is 0 Å². The van der Waals surface area contributed by atoms with Crippen LogP contribution in [-0.4, -0.2) is 38.6 Å². The van der Waals surface area contributed by atoms with E-state index in [1.807, 2.05) is 18.2 Å². The van der Waals surface area contributed by atoms with E-state index >= 15 is 0 Å². The Morgan fingerprint density at radius 1 is 1.00 bits per heavy atom. The summed E-state index contributed by atoms with van der Waals surface area (Å²) in [5, 5.41) is 42.7. The fourth-order valence-corrected chi connectivity index (χ4v) is 5.16. The van der Waals surface area contributed by atoms with Crippen molar-refractivity contribution in [1.29, 1.82) is 0 Å². The molecule has 2 unspecified atom stereocenters. The Bertz CT molecular complexity index is 864. The van der Waals surface area contributed by atoms with Crippen molar-refractivity contribution in [1.82, 2.24) is 0 Å². The molecule has 0 heterocycles. The summed E-state index contributed by atoms with van der Waals surface area (Å²) >= 11 is 0. The molecule has 0 saturated heterocycles. The summed E-state index contributed by atoms with van der Waals surface area (Å²) < 4.78 is 0. The summed E-state index contributed by atoms with van der Waals surface area (Å²) in [6, 6.07) is 12.3. The summed E-state index contributed by atoms with van der Waals surface area (Å²) in [6.45, 7) is 2.07. The first kappa shape index (κ1) is 23.7. The number of aliphatic carboxylic acids is 1. The molecule has 2 aromatic carbocycles. The van der Waals surface area contributed by atoms with Crippen LogP contribution in [0, 0.1) is 18.8 Å². The fourth-order valence-electron chi connectivity index (χ4n) is 5.16. The highest BCUT2D eigenvalue weighted by Crippen LogP contribution is 2.40. The van der Waals surface area contributed by atoms with E-state index in [0.717, 1.165) is 42.0 Å². The van der Waals surface area contributed by atoms with E-state index in [-0.39, 0.29) is 18.3 Å². The second-order valence-corrected chi connectivity index (χ2v) is 9.19. The maximum absolute atomic E-state index is 10.8. The van der Waals surface area contributed by atoms with Gasteiger partial charge in [0.15, 0.2) is 0 Å². The van der Waals surface area contributed by atoms with Gasteiger partial charge < -0.3 is 20.4 Å². The molecule has 0 amide bonds. The van der Waals surface area contributed by atoms with Crippen LogP contribution < -0.4 is 0 Å². The van der Waals surface area contributed by atoms with Crippen LogP contribution in [0.2, 0.25) is 0 Å². The van der Waals surface area contributed by atoms with E-state index in [2.05, 4.69) is 25.1 Å². The monoisotopic (exact) mass is 428 g/mol. The van der Waals surface area contributed by atoms with Crippen LogP contribution in [0.1, 0.15) is 75.0 Å². The minimum Gasteiger partial charge on any atom is -0.481 e. The van der Waals surface area contributed by atoms with Gasteiger partial charge >= 0.3 is 5.97 Å². The van der Waals surface area contributed by atoms with Crippen molar-refractivity contribution in [2.24, 2.45) is 11.8 Å².